The SMILES string of the molecule is O=C(COc1ccc(Cl)c(Cl)c1)Nc1ccccc1N1CCOCC1. The highest BCUT2D eigenvalue weighted by Crippen LogP contribution is 2.27. The first-order chi connectivity index (χ1) is 12.1. The van der Waals surface area contributed by atoms with Gasteiger partial charge < -0.3 is 19.7 Å². The molecule has 0 aromatic heterocycles. The van der Waals surface area contributed by atoms with Crippen molar-refractivity contribution >= 4 is 40.5 Å². The van der Waals surface area contributed by atoms with Crippen LogP contribution in [0.2, 0.25) is 10.0 Å². The van der Waals surface area contributed by atoms with Gasteiger partial charge in [0.2, 0.25) is 0 Å². The van der Waals surface area contributed by atoms with Crippen molar-refractivity contribution in [1.29, 1.82) is 0 Å². The van der Waals surface area contributed by atoms with E-state index in [0.29, 0.717) is 29.0 Å². The number of carbonyl (C=O) groups is 1. The molecule has 1 aliphatic rings. The number of para-hydroxylation sites is 2. The summed E-state index contributed by atoms with van der Waals surface area (Å²) in [5.74, 6) is 0.248. The van der Waals surface area contributed by atoms with Crippen molar-refractivity contribution in [3.63, 3.8) is 0 Å². The molecule has 1 aliphatic heterocycles. The van der Waals surface area contributed by atoms with E-state index in [-0.39, 0.29) is 12.5 Å². The van der Waals surface area contributed by atoms with Crippen molar-refractivity contribution in [2.45, 2.75) is 0 Å². The van der Waals surface area contributed by atoms with Gasteiger partial charge in [0.15, 0.2) is 6.61 Å². The molecule has 0 atom stereocenters. The van der Waals surface area contributed by atoms with E-state index in [2.05, 4.69) is 10.2 Å². The maximum atomic E-state index is 12.2. The first kappa shape index (κ1) is 17.9. The lowest BCUT2D eigenvalue weighted by Crippen LogP contribution is -2.36. The number of morpholine rings is 1. The van der Waals surface area contributed by atoms with E-state index < -0.39 is 0 Å². The lowest BCUT2D eigenvalue weighted by molar-refractivity contribution is -0.118. The number of anilines is 2. The van der Waals surface area contributed by atoms with Crippen LogP contribution in [-0.4, -0.2) is 38.8 Å². The lowest BCUT2D eigenvalue weighted by atomic mass is 10.2. The number of hydrogen-bond donors (Lipinski definition) is 1. The molecule has 2 aromatic carbocycles. The highest BCUT2D eigenvalue weighted by Gasteiger charge is 2.16. The standard InChI is InChI=1S/C18H18Cl2N2O3/c19-14-6-5-13(11-15(14)20)25-12-18(23)21-16-3-1-2-4-17(16)22-7-9-24-10-8-22/h1-6,11H,7-10,12H2,(H,21,23). The Hall–Kier alpha value is -1.95. The Morgan fingerprint density at radius 2 is 1.88 bits per heavy atom. The van der Waals surface area contributed by atoms with E-state index in [4.69, 9.17) is 32.7 Å². The Bertz CT molecular complexity index is 749. The van der Waals surface area contributed by atoms with E-state index in [1.165, 1.54) is 0 Å². The second-order valence-electron chi connectivity index (χ2n) is 5.53. The van der Waals surface area contributed by atoms with E-state index >= 15 is 0 Å². The zero-order valence-electron chi connectivity index (χ0n) is 13.5. The van der Waals surface area contributed by atoms with Crippen molar-refractivity contribution < 1.29 is 14.3 Å². The van der Waals surface area contributed by atoms with E-state index in [1.54, 1.807) is 18.2 Å². The minimum Gasteiger partial charge on any atom is -0.484 e. The summed E-state index contributed by atoms with van der Waals surface area (Å²) in [5, 5.41) is 3.73. The second kappa shape index (κ2) is 8.43. The van der Waals surface area contributed by atoms with Crippen molar-refractivity contribution in [3.8, 4) is 5.75 Å². The molecule has 1 saturated heterocycles. The Labute approximate surface area is 156 Å². The Balaban J connectivity index is 1.61. The molecule has 0 bridgehead atoms. The first-order valence-electron chi connectivity index (χ1n) is 7.93. The number of ether oxygens (including phenoxy) is 2. The van der Waals surface area contributed by atoms with Crippen LogP contribution >= 0.6 is 23.2 Å². The van der Waals surface area contributed by atoms with Gasteiger partial charge in [0.1, 0.15) is 5.75 Å². The molecule has 0 aliphatic carbocycles. The maximum Gasteiger partial charge on any atom is 0.262 e. The summed E-state index contributed by atoms with van der Waals surface area (Å²) in [7, 11) is 0. The van der Waals surface area contributed by atoms with Crippen LogP contribution in [0.25, 0.3) is 0 Å². The van der Waals surface area contributed by atoms with Crippen LogP contribution in [0.3, 0.4) is 0 Å². The van der Waals surface area contributed by atoms with E-state index in [1.807, 2.05) is 24.3 Å². The predicted octanol–water partition coefficient (Wildman–Crippen LogP) is 3.85. The number of nitrogens with zero attached hydrogens (tertiary/aromatic N) is 1. The highest BCUT2D eigenvalue weighted by molar-refractivity contribution is 6.42. The quantitative estimate of drug-likeness (QED) is 0.855. The summed E-state index contributed by atoms with van der Waals surface area (Å²) in [6.07, 6.45) is 0. The molecule has 3 rings (SSSR count). The smallest absolute Gasteiger partial charge is 0.262 e. The molecule has 0 unspecified atom stereocenters. The van der Waals surface area contributed by atoms with Gasteiger partial charge in [0.05, 0.1) is 34.6 Å². The van der Waals surface area contributed by atoms with Gasteiger partial charge in [-0.3, -0.25) is 4.79 Å². The summed E-state index contributed by atoms with van der Waals surface area (Å²) in [6.45, 7) is 2.85. The third-order valence-corrected chi connectivity index (χ3v) is 4.53. The minimum absolute atomic E-state index is 0.116. The largest absolute Gasteiger partial charge is 0.484 e. The van der Waals surface area contributed by atoms with Gasteiger partial charge in [-0.05, 0) is 24.3 Å². The average Bonchev–Trinajstić information content (AvgIpc) is 2.64. The molecule has 5 nitrogen and oxygen atoms in total. The molecule has 25 heavy (non-hydrogen) atoms. The lowest BCUT2D eigenvalue weighted by Gasteiger charge is -2.30. The van der Waals surface area contributed by atoms with Gasteiger partial charge in [0, 0.05) is 19.2 Å². The van der Waals surface area contributed by atoms with Crippen molar-refractivity contribution in [1.82, 2.24) is 0 Å². The molecular weight excluding hydrogens is 363 g/mol. The topological polar surface area (TPSA) is 50.8 Å². The number of halogens is 2. The van der Waals surface area contributed by atoms with Gasteiger partial charge in [-0.15, -0.1) is 0 Å². The average molecular weight is 381 g/mol. The zero-order valence-corrected chi connectivity index (χ0v) is 15.0. The number of rotatable bonds is 5. The fourth-order valence-electron chi connectivity index (χ4n) is 2.56. The van der Waals surface area contributed by atoms with E-state index in [9.17, 15) is 4.79 Å². The number of hydrogen-bond acceptors (Lipinski definition) is 4. The molecule has 7 heteroatoms. The number of amides is 1. The molecule has 1 fully saturated rings. The van der Waals surface area contributed by atoms with Gasteiger partial charge >= 0.3 is 0 Å². The van der Waals surface area contributed by atoms with Gasteiger partial charge in [-0.25, -0.2) is 0 Å². The second-order valence-corrected chi connectivity index (χ2v) is 6.34. The van der Waals surface area contributed by atoms with Crippen LogP contribution in [0.1, 0.15) is 0 Å². The Morgan fingerprint density at radius 3 is 2.64 bits per heavy atom. The Kier molecular flexibility index (Phi) is 6.02. The highest BCUT2D eigenvalue weighted by atomic mass is 35.5. The first-order valence-corrected chi connectivity index (χ1v) is 8.68. The molecule has 2 aromatic rings. The Morgan fingerprint density at radius 1 is 1.12 bits per heavy atom. The summed E-state index contributed by atoms with van der Waals surface area (Å²) >= 11 is 11.8. The third-order valence-electron chi connectivity index (χ3n) is 3.79. The van der Waals surface area contributed by atoms with Crippen LogP contribution in [-0.2, 0) is 9.53 Å². The van der Waals surface area contributed by atoms with Crippen molar-refractivity contribution in [2.24, 2.45) is 0 Å². The fourth-order valence-corrected chi connectivity index (χ4v) is 2.85. The molecule has 1 amide bonds. The van der Waals surface area contributed by atoms with Crippen LogP contribution in [0.5, 0.6) is 5.75 Å². The molecule has 132 valence electrons. The van der Waals surface area contributed by atoms with Gasteiger partial charge in [-0.2, -0.15) is 0 Å². The summed E-state index contributed by atoms with van der Waals surface area (Å²) in [4.78, 5) is 14.4. The normalized spacial score (nSPS) is 14.2. The van der Waals surface area contributed by atoms with Gasteiger partial charge in [-0.1, -0.05) is 35.3 Å². The van der Waals surface area contributed by atoms with Crippen molar-refractivity contribution in [3.05, 3.63) is 52.5 Å². The molecule has 1 N–H and O–H groups in total. The monoisotopic (exact) mass is 380 g/mol. The number of benzene rings is 2. The fraction of sp³-hybridized carbons (Fsp3) is 0.278. The molecule has 1 heterocycles. The maximum absolute atomic E-state index is 12.2. The summed E-state index contributed by atoms with van der Waals surface area (Å²) in [6, 6.07) is 12.6. The van der Waals surface area contributed by atoms with Crippen LogP contribution in [0.4, 0.5) is 11.4 Å². The van der Waals surface area contributed by atoms with Crippen LogP contribution < -0.4 is 15.0 Å². The summed E-state index contributed by atoms with van der Waals surface area (Å²) in [5.41, 5.74) is 1.74. The van der Waals surface area contributed by atoms with Crippen LogP contribution in [0.15, 0.2) is 42.5 Å². The van der Waals surface area contributed by atoms with Gasteiger partial charge in [0.25, 0.3) is 5.91 Å². The molecule has 0 saturated carbocycles. The zero-order chi connectivity index (χ0) is 17.6. The summed E-state index contributed by atoms with van der Waals surface area (Å²) < 4.78 is 10.9. The molecular formula is C18H18Cl2N2O3. The third kappa shape index (κ3) is 4.78. The predicted molar refractivity (Wildman–Crippen MR) is 100 cm³/mol. The van der Waals surface area contributed by atoms with Crippen molar-refractivity contribution in [2.75, 3.05) is 43.1 Å². The van der Waals surface area contributed by atoms with E-state index in [0.717, 1.165) is 24.5 Å². The molecule has 0 radical (unpaired) electrons. The minimum atomic E-state index is -0.244. The molecule has 0 spiro atoms. The number of nitrogens with one attached hydrogen (secondary N) is 1. The number of carbonyl (C=O) groups excluding carboxylic acids is 1. The van der Waals surface area contributed by atoms with Crippen LogP contribution in [0, 0.1) is 0 Å².